The molecule has 5 rings (SSSR count). The zero-order chi connectivity index (χ0) is 19.8. The monoisotopic (exact) mass is 526 g/mol. The van der Waals surface area contributed by atoms with Gasteiger partial charge in [-0.1, -0.05) is 18.6 Å². The second-order valence-corrected chi connectivity index (χ2v) is 9.02. The smallest absolute Gasteiger partial charge is 0.191 e. The van der Waals surface area contributed by atoms with Crippen molar-refractivity contribution in [2.45, 2.75) is 57.2 Å². The summed E-state index contributed by atoms with van der Waals surface area (Å²) < 4.78 is 11.6. The molecule has 2 heterocycles. The third-order valence-electron chi connectivity index (χ3n) is 7.60. The van der Waals surface area contributed by atoms with Crippen molar-refractivity contribution in [2.24, 2.45) is 16.3 Å². The number of hydrogen-bond donors (Lipinski definition) is 2. The number of nitrogens with one attached hydrogen (secondary N) is 2. The first kappa shape index (κ1) is 22.0. The number of fused-ring (bicyclic) bond motifs is 2. The number of ether oxygens (including phenoxy) is 2. The highest BCUT2D eigenvalue weighted by Crippen LogP contribution is 2.62. The summed E-state index contributed by atoms with van der Waals surface area (Å²) in [5.74, 6) is 2.59. The lowest BCUT2D eigenvalue weighted by molar-refractivity contribution is -0.171. The fourth-order valence-electron chi connectivity index (χ4n) is 6.08. The Morgan fingerprint density at radius 3 is 2.83 bits per heavy atom. The molecule has 6 nitrogen and oxygen atoms in total. The quantitative estimate of drug-likeness (QED) is 0.350. The van der Waals surface area contributed by atoms with E-state index >= 15 is 0 Å². The molecule has 1 aromatic carbocycles. The number of halogens is 1. The SMILES string of the molecule is CCN=C(NC1CCN(c2ccccc2OC)C1)NC1C2CCOC2C12CCC2.I. The van der Waals surface area contributed by atoms with E-state index in [9.17, 15) is 0 Å². The maximum absolute atomic E-state index is 6.08. The van der Waals surface area contributed by atoms with Gasteiger partial charge in [0.25, 0.3) is 0 Å². The molecule has 1 aromatic rings. The predicted molar refractivity (Wildman–Crippen MR) is 131 cm³/mol. The van der Waals surface area contributed by atoms with Crippen molar-refractivity contribution in [3.05, 3.63) is 24.3 Å². The van der Waals surface area contributed by atoms with Gasteiger partial charge in [-0.15, -0.1) is 24.0 Å². The van der Waals surface area contributed by atoms with Crippen LogP contribution < -0.4 is 20.3 Å². The van der Waals surface area contributed by atoms with Crippen LogP contribution in [0.5, 0.6) is 5.75 Å². The Bertz CT molecular complexity index is 769. The molecule has 2 aliphatic carbocycles. The van der Waals surface area contributed by atoms with Crippen molar-refractivity contribution in [1.82, 2.24) is 10.6 Å². The minimum atomic E-state index is 0. The Morgan fingerprint density at radius 1 is 1.27 bits per heavy atom. The van der Waals surface area contributed by atoms with Crippen LogP contribution in [0.2, 0.25) is 0 Å². The van der Waals surface area contributed by atoms with E-state index in [0.717, 1.165) is 44.4 Å². The van der Waals surface area contributed by atoms with Crippen molar-refractivity contribution < 1.29 is 9.47 Å². The van der Waals surface area contributed by atoms with E-state index in [2.05, 4.69) is 34.6 Å². The number of anilines is 1. The van der Waals surface area contributed by atoms with Crippen LogP contribution in [-0.4, -0.2) is 57.5 Å². The maximum Gasteiger partial charge on any atom is 0.191 e. The minimum Gasteiger partial charge on any atom is -0.495 e. The van der Waals surface area contributed by atoms with Crippen LogP contribution in [0, 0.1) is 11.3 Å². The third-order valence-corrected chi connectivity index (χ3v) is 7.60. The normalized spacial score (nSPS) is 31.4. The number of benzene rings is 1. The van der Waals surface area contributed by atoms with Gasteiger partial charge in [-0.25, -0.2) is 0 Å². The summed E-state index contributed by atoms with van der Waals surface area (Å²) in [4.78, 5) is 7.20. The predicted octanol–water partition coefficient (Wildman–Crippen LogP) is 3.40. The molecular formula is C23H35IN4O2. The lowest BCUT2D eigenvalue weighted by Crippen LogP contribution is -2.72. The molecule has 4 unspecified atom stereocenters. The van der Waals surface area contributed by atoms with Gasteiger partial charge >= 0.3 is 0 Å². The van der Waals surface area contributed by atoms with E-state index in [0.29, 0.717) is 29.5 Å². The molecule has 2 aliphatic heterocycles. The van der Waals surface area contributed by atoms with Crippen LogP contribution in [0.25, 0.3) is 0 Å². The molecule has 2 saturated carbocycles. The van der Waals surface area contributed by atoms with Gasteiger partial charge in [-0.3, -0.25) is 4.99 Å². The average Bonchev–Trinajstić information content (AvgIpc) is 3.33. The molecule has 7 heteroatoms. The summed E-state index contributed by atoms with van der Waals surface area (Å²) >= 11 is 0. The van der Waals surface area contributed by atoms with Gasteiger partial charge in [0.05, 0.1) is 18.9 Å². The van der Waals surface area contributed by atoms with Crippen LogP contribution >= 0.6 is 24.0 Å². The van der Waals surface area contributed by atoms with Gasteiger partial charge in [-0.05, 0) is 44.7 Å². The fraction of sp³-hybridized carbons (Fsp3) is 0.696. The summed E-state index contributed by atoms with van der Waals surface area (Å²) in [5, 5.41) is 7.57. The molecule has 4 atom stereocenters. The van der Waals surface area contributed by atoms with Crippen molar-refractivity contribution in [3.63, 3.8) is 0 Å². The van der Waals surface area contributed by atoms with E-state index in [1.165, 1.54) is 31.4 Å². The van der Waals surface area contributed by atoms with Gasteiger partial charge < -0.3 is 25.0 Å². The molecule has 30 heavy (non-hydrogen) atoms. The zero-order valence-electron chi connectivity index (χ0n) is 18.1. The summed E-state index contributed by atoms with van der Waals surface area (Å²) in [5.41, 5.74) is 1.55. The molecule has 4 aliphatic rings. The molecule has 166 valence electrons. The Labute approximate surface area is 197 Å². The van der Waals surface area contributed by atoms with Crippen LogP contribution in [-0.2, 0) is 4.74 Å². The van der Waals surface area contributed by atoms with Gasteiger partial charge in [0.15, 0.2) is 5.96 Å². The molecule has 2 N–H and O–H groups in total. The molecule has 2 saturated heterocycles. The molecule has 1 spiro atoms. The lowest BCUT2D eigenvalue weighted by Gasteiger charge is -2.63. The van der Waals surface area contributed by atoms with E-state index in [1.807, 2.05) is 12.1 Å². The largest absolute Gasteiger partial charge is 0.495 e. The highest BCUT2D eigenvalue weighted by Gasteiger charge is 2.66. The van der Waals surface area contributed by atoms with E-state index in [1.54, 1.807) is 7.11 Å². The molecule has 0 radical (unpaired) electrons. The van der Waals surface area contributed by atoms with Crippen molar-refractivity contribution in [3.8, 4) is 5.75 Å². The Kier molecular flexibility index (Phi) is 6.67. The second kappa shape index (κ2) is 9.10. The van der Waals surface area contributed by atoms with Gasteiger partial charge in [0.1, 0.15) is 5.75 Å². The highest BCUT2D eigenvalue weighted by atomic mass is 127. The average molecular weight is 526 g/mol. The zero-order valence-corrected chi connectivity index (χ0v) is 20.4. The van der Waals surface area contributed by atoms with Crippen LogP contribution in [0.1, 0.15) is 39.0 Å². The standard InChI is InChI=1S/C23H34N4O2.HI/c1-3-24-22(26-20-17-10-14-29-21(17)23(20)11-6-12-23)25-16-9-13-27(15-16)18-7-4-5-8-19(18)28-2;/h4-5,7-8,16-17,20-21H,3,6,9-15H2,1-2H3,(H2,24,25,26);1H. The maximum atomic E-state index is 6.08. The summed E-state index contributed by atoms with van der Waals surface area (Å²) in [6.07, 6.45) is 6.73. The fourth-order valence-corrected chi connectivity index (χ4v) is 6.08. The number of guanidine groups is 1. The summed E-state index contributed by atoms with van der Waals surface area (Å²) in [7, 11) is 1.75. The first-order valence-corrected chi connectivity index (χ1v) is 11.3. The Morgan fingerprint density at radius 2 is 2.10 bits per heavy atom. The summed E-state index contributed by atoms with van der Waals surface area (Å²) in [6.45, 7) is 5.83. The Balaban J connectivity index is 0.00000218. The number of methoxy groups -OCH3 is 1. The van der Waals surface area contributed by atoms with Crippen molar-refractivity contribution in [2.75, 3.05) is 38.3 Å². The molecule has 4 fully saturated rings. The van der Waals surface area contributed by atoms with Crippen LogP contribution in [0.3, 0.4) is 0 Å². The first-order chi connectivity index (χ1) is 14.2. The number of aliphatic imine (C=N–C) groups is 1. The number of para-hydroxylation sites is 2. The Hall–Kier alpha value is -1.22. The second-order valence-electron chi connectivity index (χ2n) is 9.02. The van der Waals surface area contributed by atoms with E-state index in [-0.39, 0.29) is 24.0 Å². The van der Waals surface area contributed by atoms with Gasteiger partial charge in [-0.2, -0.15) is 0 Å². The van der Waals surface area contributed by atoms with Gasteiger partial charge in [0.2, 0.25) is 0 Å². The molecule has 0 aromatic heterocycles. The third kappa shape index (κ3) is 3.66. The van der Waals surface area contributed by atoms with Crippen molar-refractivity contribution in [1.29, 1.82) is 0 Å². The van der Waals surface area contributed by atoms with E-state index < -0.39 is 0 Å². The van der Waals surface area contributed by atoms with Gasteiger partial charge in [0, 0.05) is 49.7 Å². The first-order valence-electron chi connectivity index (χ1n) is 11.3. The minimum absolute atomic E-state index is 0. The van der Waals surface area contributed by atoms with Crippen molar-refractivity contribution >= 4 is 35.6 Å². The van der Waals surface area contributed by atoms with Crippen LogP contribution in [0.15, 0.2) is 29.3 Å². The molecule has 0 amide bonds. The number of rotatable bonds is 5. The number of nitrogens with zero attached hydrogens (tertiary/aromatic N) is 2. The topological polar surface area (TPSA) is 58.1 Å². The molecule has 0 bridgehead atoms. The van der Waals surface area contributed by atoms with E-state index in [4.69, 9.17) is 14.5 Å². The highest BCUT2D eigenvalue weighted by molar-refractivity contribution is 14.0. The lowest BCUT2D eigenvalue weighted by atomic mass is 9.46. The molecular weight excluding hydrogens is 491 g/mol. The van der Waals surface area contributed by atoms with Crippen LogP contribution in [0.4, 0.5) is 5.69 Å². The number of hydrogen-bond acceptors (Lipinski definition) is 4. The summed E-state index contributed by atoms with van der Waals surface area (Å²) in [6, 6.07) is 9.21.